The molecule has 5 heteroatoms. The molecule has 0 saturated carbocycles. The average molecular weight is 273 g/mol. The lowest BCUT2D eigenvalue weighted by Gasteiger charge is -2.26. The zero-order valence-electron chi connectivity index (χ0n) is 12.0. The minimum Gasteiger partial charge on any atom is -0.382 e. The average Bonchev–Trinajstić information content (AvgIpc) is 2.67. The normalized spacial score (nSPS) is 27.4. The fraction of sp³-hybridized carbons (Fsp3) is 0.600. The predicted octanol–water partition coefficient (Wildman–Crippen LogP) is 1.03. The highest BCUT2D eigenvalue weighted by Gasteiger charge is 2.34. The Morgan fingerprint density at radius 1 is 1.40 bits per heavy atom. The van der Waals surface area contributed by atoms with Gasteiger partial charge in [0.1, 0.15) is 11.5 Å². The van der Waals surface area contributed by atoms with Gasteiger partial charge >= 0.3 is 0 Å². The van der Waals surface area contributed by atoms with Crippen molar-refractivity contribution in [2.75, 3.05) is 20.1 Å². The molecule has 3 rings (SSSR count). The van der Waals surface area contributed by atoms with Crippen molar-refractivity contribution >= 4 is 5.84 Å². The highest BCUT2D eigenvalue weighted by atomic mass is 15.3. The number of likely N-dealkylation sites (N-methyl/N-ethyl adjacent to an activating group) is 1. The summed E-state index contributed by atoms with van der Waals surface area (Å²) >= 11 is 0. The summed E-state index contributed by atoms with van der Waals surface area (Å²) in [5.74, 6) is 0.0639. The van der Waals surface area contributed by atoms with Crippen molar-refractivity contribution in [2.24, 2.45) is 5.73 Å². The Morgan fingerprint density at radius 2 is 2.20 bits per heavy atom. The molecule has 0 aliphatic carbocycles. The van der Waals surface area contributed by atoms with Gasteiger partial charge in [-0.25, -0.2) is 0 Å². The topological polar surface area (TPSA) is 69.2 Å². The quantitative estimate of drug-likeness (QED) is 0.637. The molecule has 2 unspecified atom stereocenters. The van der Waals surface area contributed by atoms with Gasteiger partial charge in [0.25, 0.3) is 0 Å². The Kier molecular flexibility index (Phi) is 3.72. The van der Waals surface area contributed by atoms with Crippen LogP contribution in [0.3, 0.4) is 0 Å². The monoisotopic (exact) mass is 273 g/mol. The second-order valence-electron chi connectivity index (χ2n) is 6.00. The van der Waals surface area contributed by atoms with Gasteiger partial charge in [-0.2, -0.15) is 0 Å². The van der Waals surface area contributed by atoms with Gasteiger partial charge in [-0.05, 0) is 37.9 Å². The van der Waals surface area contributed by atoms with Crippen molar-refractivity contribution in [2.45, 2.75) is 37.9 Å². The highest BCUT2D eigenvalue weighted by Crippen LogP contribution is 2.29. The van der Waals surface area contributed by atoms with Crippen molar-refractivity contribution in [3.05, 3.63) is 29.6 Å². The molecule has 3 heterocycles. The summed E-state index contributed by atoms with van der Waals surface area (Å²) in [5.41, 5.74) is 7.33. The van der Waals surface area contributed by atoms with Crippen LogP contribution in [-0.2, 0) is 6.54 Å². The first-order valence-corrected chi connectivity index (χ1v) is 7.37. The molecule has 2 saturated heterocycles. The lowest BCUT2D eigenvalue weighted by Crippen LogP contribution is -2.36. The van der Waals surface area contributed by atoms with Gasteiger partial charge in [-0.1, -0.05) is 6.07 Å². The smallest absolute Gasteiger partial charge is 0.142 e. The van der Waals surface area contributed by atoms with Crippen LogP contribution in [0.5, 0.6) is 0 Å². The number of nitrogens with zero attached hydrogens (tertiary/aromatic N) is 3. The molecule has 0 radical (unpaired) electrons. The van der Waals surface area contributed by atoms with Gasteiger partial charge < -0.3 is 5.73 Å². The number of hydrogen-bond acceptors (Lipinski definition) is 4. The Labute approximate surface area is 120 Å². The number of hydrogen-bond donors (Lipinski definition) is 2. The maximum Gasteiger partial charge on any atom is 0.142 e. The van der Waals surface area contributed by atoms with E-state index in [2.05, 4.69) is 21.8 Å². The third kappa shape index (κ3) is 2.55. The lowest BCUT2D eigenvalue weighted by atomic mass is 10.1. The van der Waals surface area contributed by atoms with E-state index in [1.54, 1.807) is 6.20 Å². The van der Waals surface area contributed by atoms with Gasteiger partial charge in [0, 0.05) is 37.9 Å². The molecule has 1 aromatic rings. The number of likely N-dealkylation sites (tertiary alicyclic amines) is 1. The molecule has 3 N–H and O–H groups in total. The molecule has 2 atom stereocenters. The number of nitrogen functional groups attached to an aromatic ring is 1. The molecule has 5 nitrogen and oxygen atoms in total. The van der Waals surface area contributed by atoms with E-state index in [0.29, 0.717) is 11.7 Å². The zero-order chi connectivity index (χ0) is 14.1. The van der Waals surface area contributed by atoms with Crippen LogP contribution in [0.2, 0.25) is 0 Å². The van der Waals surface area contributed by atoms with Crippen molar-refractivity contribution in [3.63, 3.8) is 0 Å². The minimum atomic E-state index is 0.0639. The van der Waals surface area contributed by atoms with Gasteiger partial charge in [-0.3, -0.25) is 20.2 Å². The van der Waals surface area contributed by atoms with Gasteiger partial charge in [0.15, 0.2) is 0 Å². The number of nitrogens with one attached hydrogen (secondary N) is 1. The van der Waals surface area contributed by atoms with Crippen molar-refractivity contribution in [1.82, 2.24) is 14.8 Å². The second kappa shape index (κ2) is 5.50. The van der Waals surface area contributed by atoms with E-state index in [1.807, 2.05) is 12.1 Å². The van der Waals surface area contributed by atoms with Gasteiger partial charge in [0.05, 0.1) is 0 Å². The third-order valence-electron chi connectivity index (χ3n) is 4.77. The summed E-state index contributed by atoms with van der Waals surface area (Å²) in [5, 5.41) is 7.64. The summed E-state index contributed by atoms with van der Waals surface area (Å²) < 4.78 is 0. The van der Waals surface area contributed by atoms with E-state index in [4.69, 9.17) is 11.1 Å². The Morgan fingerprint density at radius 3 is 3.00 bits per heavy atom. The van der Waals surface area contributed by atoms with E-state index < -0.39 is 0 Å². The van der Waals surface area contributed by atoms with Crippen LogP contribution in [0.1, 0.15) is 30.5 Å². The van der Waals surface area contributed by atoms with Crippen molar-refractivity contribution in [3.8, 4) is 0 Å². The summed E-state index contributed by atoms with van der Waals surface area (Å²) in [7, 11) is 2.26. The van der Waals surface area contributed by atoms with E-state index in [-0.39, 0.29) is 5.84 Å². The first kappa shape index (κ1) is 13.5. The first-order chi connectivity index (χ1) is 9.65. The third-order valence-corrected chi connectivity index (χ3v) is 4.77. The molecule has 1 aromatic heterocycles. The molecule has 0 amide bonds. The van der Waals surface area contributed by atoms with E-state index in [1.165, 1.54) is 19.3 Å². The molecule has 0 spiro atoms. The summed E-state index contributed by atoms with van der Waals surface area (Å²) in [6, 6.07) is 5.40. The van der Waals surface area contributed by atoms with Crippen LogP contribution in [-0.4, -0.2) is 52.8 Å². The summed E-state index contributed by atoms with van der Waals surface area (Å²) in [6.07, 6.45) is 5.60. The largest absolute Gasteiger partial charge is 0.382 e. The number of rotatable bonds is 3. The molecule has 2 fully saturated rings. The van der Waals surface area contributed by atoms with Crippen LogP contribution in [0, 0.1) is 5.41 Å². The highest BCUT2D eigenvalue weighted by molar-refractivity contribution is 5.94. The van der Waals surface area contributed by atoms with E-state index in [9.17, 15) is 0 Å². The van der Waals surface area contributed by atoms with Gasteiger partial charge in [0.2, 0.25) is 0 Å². The maximum absolute atomic E-state index is 7.64. The number of nitrogens with two attached hydrogens (primary N) is 1. The molecule has 20 heavy (non-hydrogen) atoms. The zero-order valence-corrected chi connectivity index (χ0v) is 12.0. The SMILES string of the molecule is CN1C2CCC1CN(Cc1cccnc1C(=N)N)CC2. The van der Waals surface area contributed by atoms with E-state index >= 15 is 0 Å². The Hall–Kier alpha value is -1.46. The fourth-order valence-electron chi connectivity index (χ4n) is 3.57. The number of pyridine rings is 1. The predicted molar refractivity (Wildman–Crippen MR) is 79.7 cm³/mol. The summed E-state index contributed by atoms with van der Waals surface area (Å²) in [6.45, 7) is 3.08. The molecule has 2 bridgehead atoms. The van der Waals surface area contributed by atoms with Crippen molar-refractivity contribution < 1.29 is 0 Å². The van der Waals surface area contributed by atoms with E-state index in [0.717, 1.165) is 31.2 Å². The number of aromatic nitrogens is 1. The van der Waals surface area contributed by atoms with Crippen LogP contribution in [0.15, 0.2) is 18.3 Å². The molecule has 0 aromatic carbocycles. The van der Waals surface area contributed by atoms with Crippen LogP contribution >= 0.6 is 0 Å². The molecular weight excluding hydrogens is 250 g/mol. The number of fused-ring (bicyclic) bond motifs is 2. The Balaban J connectivity index is 1.74. The standard InChI is InChI=1S/C15H23N5/c1-19-12-4-5-13(19)10-20(8-6-12)9-11-3-2-7-18-14(11)15(16)17/h2-3,7,12-13H,4-6,8-10H2,1H3,(H3,16,17). The molecule has 2 aliphatic rings. The first-order valence-electron chi connectivity index (χ1n) is 7.37. The molecule has 2 aliphatic heterocycles. The van der Waals surface area contributed by atoms with Crippen LogP contribution in [0.25, 0.3) is 0 Å². The fourth-order valence-corrected chi connectivity index (χ4v) is 3.57. The molecular formula is C15H23N5. The minimum absolute atomic E-state index is 0.0639. The lowest BCUT2D eigenvalue weighted by molar-refractivity contribution is 0.214. The van der Waals surface area contributed by atoms with Crippen LogP contribution in [0.4, 0.5) is 0 Å². The Bertz CT molecular complexity index is 501. The van der Waals surface area contributed by atoms with Gasteiger partial charge in [-0.15, -0.1) is 0 Å². The van der Waals surface area contributed by atoms with Crippen molar-refractivity contribution in [1.29, 1.82) is 5.41 Å². The molecule has 108 valence electrons. The second-order valence-corrected chi connectivity index (χ2v) is 6.00. The number of amidine groups is 1. The van der Waals surface area contributed by atoms with Crippen LogP contribution < -0.4 is 5.73 Å². The maximum atomic E-state index is 7.64. The summed E-state index contributed by atoms with van der Waals surface area (Å²) in [4.78, 5) is 9.28.